The summed E-state index contributed by atoms with van der Waals surface area (Å²) in [6, 6.07) is 0.461. The van der Waals surface area contributed by atoms with Gasteiger partial charge >= 0.3 is 5.97 Å². The number of carbonyl (C=O) groups excluding carboxylic acids is 1. The van der Waals surface area contributed by atoms with Crippen molar-refractivity contribution in [2.45, 2.75) is 58.4 Å². The molecule has 1 fully saturated rings. The van der Waals surface area contributed by atoms with Gasteiger partial charge < -0.3 is 10.1 Å². The molecule has 1 N–H and O–H groups in total. The van der Waals surface area contributed by atoms with Crippen molar-refractivity contribution in [3.05, 3.63) is 23.0 Å². The number of anilines is 1. The molecule has 1 saturated carbocycles. The van der Waals surface area contributed by atoms with Crippen molar-refractivity contribution in [2.75, 3.05) is 12.4 Å². The van der Waals surface area contributed by atoms with Gasteiger partial charge in [-0.3, -0.25) is 4.68 Å². The largest absolute Gasteiger partial charge is 0.464 e. The first-order valence-electron chi connectivity index (χ1n) is 9.44. The molecular formula is C19H27N5O2. The summed E-state index contributed by atoms with van der Waals surface area (Å²) >= 11 is 0. The Morgan fingerprint density at radius 3 is 2.69 bits per heavy atom. The Kier molecular flexibility index (Phi) is 5.54. The van der Waals surface area contributed by atoms with Crippen LogP contribution in [0.25, 0.3) is 11.4 Å². The fourth-order valence-electron chi connectivity index (χ4n) is 3.74. The first-order valence-corrected chi connectivity index (χ1v) is 9.44. The molecule has 0 aliphatic heterocycles. The third-order valence-electron chi connectivity index (χ3n) is 4.95. The maximum Gasteiger partial charge on any atom is 0.358 e. The smallest absolute Gasteiger partial charge is 0.358 e. The van der Waals surface area contributed by atoms with Crippen LogP contribution in [0, 0.1) is 0 Å². The third kappa shape index (κ3) is 3.30. The molecule has 7 heteroatoms. The van der Waals surface area contributed by atoms with Crippen molar-refractivity contribution in [1.82, 2.24) is 19.7 Å². The second-order valence-corrected chi connectivity index (χ2v) is 6.48. The van der Waals surface area contributed by atoms with E-state index in [1.54, 1.807) is 4.68 Å². The van der Waals surface area contributed by atoms with Crippen molar-refractivity contribution >= 4 is 11.9 Å². The summed E-state index contributed by atoms with van der Waals surface area (Å²) < 4.78 is 6.58. The highest BCUT2D eigenvalue weighted by Crippen LogP contribution is 2.34. The standard InChI is InChI=1S/C17H21N5O2.C2H6/c1-22-15-12(14(21-22)16(23)24-2)8-7-10-9-18-17(20-13(10)15)19-11-5-3-4-6-11;1-2/h9,11H,3-8H2,1-2H3,(H,18,19,20);1-2H3. The molecule has 0 atom stereocenters. The van der Waals surface area contributed by atoms with Crippen LogP contribution in [0.4, 0.5) is 5.95 Å². The second-order valence-electron chi connectivity index (χ2n) is 6.48. The zero-order valence-electron chi connectivity index (χ0n) is 16.0. The minimum atomic E-state index is -0.395. The molecule has 140 valence electrons. The van der Waals surface area contributed by atoms with Gasteiger partial charge in [0, 0.05) is 24.8 Å². The van der Waals surface area contributed by atoms with E-state index in [0.29, 0.717) is 17.7 Å². The molecule has 7 nitrogen and oxygen atoms in total. The van der Waals surface area contributed by atoms with Gasteiger partial charge in [-0.25, -0.2) is 14.8 Å². The average molecular weight is 357 g/mol. The molecule has 4 rings (SSSR count). The summed E-state index contributed by atoms with van der Waals surface area (Å²) in [5.41, 5.74) is 4.18. The second kappa shape index (κ2) is 7.85. The SMILES string of the molecule is CC.COC(=O)c1nn(C)c2c1CCc1cnc(NC3CCCC3)nc1-2. The van der Waals surface area contributed by atoms with Gasteiger partial charge in [-0.2, -0.15) is 5.10 Å². The first kappa shape index (κ1) is 18.4. The van der Waals surface area contributed by atoms with Crippen LogP contribution < -0.4 is 5.32 Å². The summed E-state index contributed by atoms with van der Waals surface area (Å²) in [7, 11) is 3.22. The number of nitrogens with one attached hydrogen (secondary N) is 1. The van der Waals surface area contributed by atoms with Gasteiger partial charge in [0.1, 0.15) is 0 Å². The summed E-state index contributed by atoms with van der Waals surface area (Å²) in [6.07, 6.45) is 8.32. The van der Waals surface area contributed by atoms with E-state index in [2.05, 4.69) is 15.4 Å². The fraction of sp³-hybridized carbons (Fsp3) is 0.579. The van der Waals surface area contributed by atoms with E-state index < -0.39 is 5.97 Å². The van der Waals surface area contributed by atoms with E-state index in [4.69, 9.17) is 9.72 Å². The number of rotatable bonds is 3. The van der Waals surface area contributed by atoms with Crippen LogP contribution >= 0.6 is 0 Å². The number of aryl methyl sites for hydroxylation is 2. The van der Waals surface area contributed by atoms with Crippen molar-refractivity contribution in [2.24, 2.45) is 7.05 Å². The Labute approximate surface area is 154 Å². The van der Waals surface area contributed by atoms with Crippen molar-refractivity contribution in [3.63, 3.8) is 0 Å². The van der Waals surface area contributed by atoms with Gasteiger partial charge in [0.2, 0.25) is 5.95 Å². The van der Waals surface area contributed by atoms with E-state index in [0.717, 1.165) is 35.4 Å². The molecule has 0 radical (unpaired) electrons. The van der Waals surface area contributed by atoms with E-state index in [9.17, 15) is 4.79 Å². The zero-order valence-corrected chi connectivity index (χ0v) is 16.0. The molecule has 2 aliphatic rings. The molecule has 0 aromatic carbocycles. The topological polar surface area (TPSA) is 81.9 Å². The van der Waals surface area contributed by atoms with Crippen LogP contribution in [0.5, 0.6) is 0 Å². The summed E-state index contributed by atoms with van der Waals surface area (Å²) in [6.45, 7) is 4.00. The molecule has 0 unspecified atom stereocenters. The molecule has 2 aliphatic carbocycles. The quantitative estimate of drug-likeness (QED) is 0.850. The maximum absolute atomic E-state index is 12.0. The lowest BCUT2D eigenvalue weighted by molar-refractivity contribution is 0.0592. The molecule has 2 heterocycles. The van der Waals surface area contributed by atoms with Crippen LogP contribution in [0.15, 0.2) is 6.20 Å². The van der Waals surface area contributed by atoms with E-state index in [1.165, 1.54) is 32.8 Å². The lowest BCUT2D eigenvalue weighted by Gasteiger charge is -2.18. The summed E-state index contributed by atoms with van der Waals surface area (Å²) in [5, 5.41) is 7.79. The lowest BCUT2D eigenvalue weighted by Crippen LogP contribution is -2.18. The number of hydrogen-bond acceptors (Lipinski definition) is 6. The monoisotopic (exact) mass is 357 g/mol. The van der Waals surface area contributed by atoms with E-state index >= 15 is 0 Å². The molecule has 2 aromatic rings. The normalized spacial score (nSPS) is 15.5. The number of fused-ring (bicyclic) bond motifs is 3. The summed E-state index contributed by atoms with van der Waals surface area (Å²) in [5.74, 6) is 0.267. The molecule has 0 saturated heterocycles. The number of carbonyl (C=O) groups is 1. The van der Waals surface area contributed by atoms with Crippen molar-refractivity contribution in [3.8, 4) is 11.4 Å². The minimum absolute atomic E-state index is 0.393. The number of aromatic nitrogens is 4. The Bertz CT molecular complexity index is 793. The van der Waals surface area contributed by atoms with Crippen LogP contribution in [-0.4, -0.2) is 38.9 Å². The zero-order chi connectivity index (χ0) is 18.7. The van der Waals surface area contributed by atoms with Crippen LogP contribution in [0.3, 0.4) is 0 Å². The van der Waals surface area contributed by atoms with Crippen LogP contribution in [0.1, 0.15) is 61.1 Å². The Balaban J connectivity index is 0.000000948. The Morgan fingerprint density at radius 2 is 2.00 bits per heavy atom. The van der Waals surface area contributed by atoms with Gasteiger partial charge in [-0.05, 0) is 31.2 Å². The fourth-order valence-corrected chi connectivity index (χ4v) is 3.74. The highest BCUT2D eigenvalue weighted by atomic mass is 16.5. The number of esters is 1. The number of nitrogens with zero attached hydrogens (tertiary/aromatic N) is 4. The molecular weight excluding hydrogens is 330 g/mol. The van der Waals surface area contributed by atoms with Gasteiger partial charge in [0.15, 0.2) is 5.69 Å². The molecule has 0 bridgehead atoms. The molecule has 26 heavy (non-hydrogen) atoms. The molecule has 2 aromatic heterocycles. The molecule has 0 spiro atoms. The maximum atomic E-state index is 12.0. The Hall–Kier alpha value is -2.44. The predicted molar refractivity (Wildman–Crippen MR) is 100 cm³/mol. The van der Waals surface area contributed by atoms with Crippen LogP contribution in [0.2, 0.25) is 0 Å². The van der Waals surface area contributed by atoms with Crippen LogP contribution in [-0.2, 0) is 24.6 Å². The lowest BCUT2D eigenvalue weighted by atomic mass is 9.93. The van der Waals surface area contributed by atoms with Crippen molar-refractivity contribution in [1.29, 1.82) is 0 Å². The first-order chi connectivity index (χ1) is 12.7. The summed E-state index contributed by atoms with van der Waals surface area (Å²) in [4.78, 5) is 21.2. The molecule has 0 amide bonds. The van der Waals surface area contributed by atoms with E-state index in [1.807, 2.05) is 27.1 Å². The minimum Gasteiger partial charge on any atom is -0.464 e. The predicted octanol–water partition coefficient (Wildman–Crippen LogP) is 3.14. The van der Waals surface area contributed by atoms with Crippen molar-refractivity contribution < 1.29 is 9.53 Å². The van der Waals surface area contributed by atoms with E-state index in [-0.39, 0.29) is 0 Å². The number of hydrogen-bond donors (Lipinski definition) is 1. The van der Waals surface area contributed by atoms with Gasteiger partial charge in [0.25, 0.3) is 0 Å². The number of methoxy groups -OCH3 is 1. The van der Waals surface area contributed by atoms with Gasteiger partial charge in [0.05, 0.1) is 18.5 Å². The Morgan fingerprint density at radius 1 is 1.27 bits per heavy atom. The highest BCUT2D eigenvalue weighted by Gasteiger charge is 2.29. The van der Waals surface area contributed by atoms with Gasteiger partial charge in [-0.1, -0.05) is 26.7 Å². The average Bonchev–Trinajstić information content (AvgIpc) is 3.30. The highest BCUT2D eigenvalue weighted by molar-refractivity contribution is 5.91. The number of ether oxygens (including phenoxy) is 1. The third-order valence-corrected chi connectivity index (χ3v) is 4.95. The van der Waals surface area contributed by atoms with Gasteiger partial charge in [-0.15, -0.1) is 0 Å².